The van der Waals surface area contributed by atoms with Crippen LogP contribution in [-0.4, -0.2) is 17.6 Å². The number of nitrogens with one attached hydrogen (secondary N) is 1. The van der Waals surface area contributed by atoms with Gasteiger partial charge in [0.1, 0.15) is 13.2 Å². The molecule has 2 heterocycles. The normalized spacial score (nSPS) is 12.9. The molecule has 7 heteroatoms. The van der Waals surface area contributed by atoms with Crippen molar-refractivity contribution in [2.45, 2.75) is 0 Å². The maximum absolute atomic E-state index is 6.74. The number of anilines is 2. The van der Waals surface area contributed by atoms with Crippen molar-refractivity contribution in [1.29, 1.82) is 0 Å². The highest BCUT2D eigenvalue weighted by Gasteiger charge is 2.16. The Morgan fingerprint density at radius 1 is 0.929 bits per heavy atom. The topological polar surface area (TPSA) is 43.4 Å². The number of ether oxygens (including phenoxy) is 2. The predicted octanol–water partition coefficient (Wildman–Crippen LogP) is 6.78. The van der Waals surface area contributed by atoms with E-state index in [0.29, 0.717) is 23.3 Å². The van der Waals surface area contributed by atoms with E-state index < -0.39 is 0 Å². The van der Waals surface area contributed by atoms with E-state index in [1.54, 1.807) is 0 Å². The second-order valence-electron chi connectivity index (χ2n) is 6.32. The number of aromatic nitrogens is 1. The Balaban J connectivity index is 1.52. The Kier molecular flexibility index (Phi) is 4.51. The summed E-state index contributed by atoms with van der Waals surface area (Å²) in [4.78, 5) is 0. The van der Waals surface area contributed by atoms with Crippen LogP contribution in [0.1, 0.15) is 0 Å². The van der Waals surface area contributed by atoms with Gasteiger partial charge in [-0.05, 0) is 53.5 Å². The number of hydrogen-bond donors (Lipinski definition) is 1. The fraction of sp³-hybridized carbons (Fsp3) is 0.0952. The summed E-state index contributed by atoms with van der Waals surface area (Å²) in [6.07, 6.45) is 0. The van der Waals surface area contributed by atoms with Crippen LogP contribution in [-0.2, 0) is 0 Å². The van der Waals surface area contributed by atoms with Gasteiger partial charge < -0.3 is 14.8 Å². The number of hydrogen-bond acceptors (Lipinski definition) is 5. The van der Waals surface area contributed by atoms with Crippen molar-refractivity contribution in [2.75, 3.05) is 18.5 Å². The number of nitrogens with zero attached hydrogens (tertiary/aromatic N) is 1. The monoisotopic (exact) mass is 428 g/mol. The van der Waals surface area contributed by atoms with Gasteiger partial charge in [0.2, 0.25) is 0 Å². The molecule has 1 N–H and O–H groups in total. The average Bonchev–Trinajstić information content (AvgIpc) is 3.11. The summed E-state index contributed by atoms with van der Waals surface area (Å²) in [6, 6.07) is 17.5. The zero-order chi connectivity index (χ0) is 19.1. The van der Waals surface area contributed by atoms with E-state index in [1.165, 1.54) is 11.5 Å². The van der Waals surface area contributed by atoms with Crippen molar-refractivity contribution < 1.29 is 9.47 Å². The van der Waals surface area contributed by atoms with Gasteiger partial charge in [-0.3, -0.25) is 0 Å². The fourth-order valence-corrected chi connectivity index (χ4v) is 4.49. The molecule has 4 aromatic rings. The molecule has 0 atom stereocenters. The Morgan fingerprint density at radius 2 is 1.79 bits per heavy atom. The van der Waals surface area contributed by atoms with Crippen LogP contribution in [0.25, 0.3) is 21.2 Å². The molecule has 0 radical (unpaired) electrons. The lowest BCUT2D eigenvalue weighted by atomic mass is 10.0. The number of halogens is 2. The molecular weight excluding hydrogens is 415 g/mol. The van der Waals surface area contributed by atoms with Crippen LogP contribution in [0, 0.1) is 0 Å². The highest BCUT2D eigenvalue weighted by atomic mass is 35.5. The molecule has 0 saturated heterocycles. The van der Waals surface area contributed by atoms with E-state index >= 15 is 0 Å². The Hall–Kier alpha value is -2.47. The Morgan fingerprint density at radius 3 is 2.68 bits per heavy atom. The summed E-state index contributed by atoms with van der Waals surface area (Å²) in [5, 5.41) is 5.68. The summed E-state index contributed by atoms with van der Waals surface area (Å²) in [5.74, 6) is 2.26. The van der Waals surface area contributed by atoms with Crippen molar-refractivity contribution in [3.8, 4) is 22.6 Å². The molecule has 1 aliphatic rings. The lowest BCUT2D eigenvalue weighted by molar-refractivity contribution is 0.171. The largest absolute Gasteiger partial charge is 0.486 e. The van der Waals surface area contributed by atoms with Crippen LogP contribution in [0.5, 0.6) is 11.5 Å². The van der Waals surface area contributed by atoms with Crippen molar-refractivity contribution in [3.05, 3.63) is 64.6 Å². The summed E-state index contributed by atoms with van der Waals surface area (Å²) in [6.45, 7) is 1.12. The lowest BCUT2D eigenvalue weighted by Gasteiger charge is -2.19. The highest BCUT2D eigenvalue weighted by Crippen LogP contribution is 2.40. The van der Waals surface area contributed by atoms with E-state index in [-0.39, 0.29) is 0 Å². The quantitative estimate of drug-likeness (QED) is 0.390. The van der Waals surface area contributed by atoms with Gasteiger partial charge in [0.15, 0.2) is 17.3 Å². The van der Waals surface area contributed by atoms with Crippen molar-refractivity contribution in [2.24, 2.45) is 0 Å². The van der Waals surface area contributed by atoms with Crippen LogP contribution in [0.2, 0.25) is 10.0 Å². The average molecular weight is 429 g/mol. The molecule has 1 aromatic heterocycles. The van der Waals surface area contributed by atoms with Crippen molar-refractivity contribution in [3.63, 3.8) is 0 Å². The summed E-state index contributed by atoms with van der Waals surface area (Å²) < 4.78 is 16.8. The molecule has 0 fully saturated rings. The second-order valence-corrected chi connectivity index (χ2v) is 7.94. The van der Waals surface area contributed by atoms with Gasteiger partial charge >= 0.3 is 0 Å². The first kappa shape index (κ1) is 17.6. The maximum atomic E-state index is 6.74. The van der Waals surface area contributed by atoms with Crippen LogP contribution < -0.4 is 14.8 Å². The van der Waals surface area contributed by atoms with E-state index in [0.717, 1.165) is 44.2 Å². The molecule has 5 rings (SSSR count). The minimum Gasteiger partial charge on any atom is -0.486 e. The highest BCUT2D eigenvalue weighted by molar-refractivity contribution is 7.13. The molecule has 0 unspecified atom stereocenters. The maximum Gasteiger partial charge on any atom is 0.161 e. The van der Waals surface area contributed by atoms with Gasteiger partial charge in [-0.2, -0.15) is 4.37 Å². The molecule has 28 heavy (non-hydrogen) atoms. The molecule has 0 saturated carbocycles. The van der Waals surface area contributed by atoms with Gasteiger partial charge in [0.25, 0.3) is 0 Å². The van der Waals surface area contributed by atoms with Crippen molar-refractivity contribution >= 4 is 56.3 Å². The zero-order valence-corrected chi connectivity index (χ0v) is 16.9. The van der Waals surface area contributed by atoms with E-state index in [9.17, 15) is 0 Å². The fourth-order valence-electron chi connectivity index (χ4n) is 3.19. The summed E-state index contributed by atoms with van der Waals surface area (Å²) >= 11 is 14.2. The second kappa shape index (κ2) is 7.17. The third kappa shape index (κ3) is 3.15. The van der Waals surface area contributed by atoms with Crippen LogP contribution in [0.3, 0.4) is 0 Å². The number of fused-ring (bicyclic) bond motifs is 2. The number of rotatable bonds is 3. The molecule has 0 aliphatic carbocycles. The van der Waals surface area contributed by atoms with Gasteiger partial charge in [-0.1, -0.05) is 41.4 Å². The molecule has 0 spiro atoms. The zero-order valence-electron chi connectivity index (χ0n) is 14.5. The van der Waals surface area contributed by atoms with Crippen molar-refractivity contribution in [1.82, 2.24) is 4.37 Å². The smallest absolute Gasteiger partial charge is 0.161 e. The molecule has 0 amide bonds. The Bertz CT molecular complexity index is 1190. The minimum atomic E-state index is 0.548. The van der Waals surface area contributed by atoms with E-state index in [2.05, 4.69) is 9.69 Å². The van der Waals surface area contributed by atoms with Gasteiger partial charge in [-0.15, -0.1) is 0 Å². The summed E-state index contributed by atoms with van der Waals surface area (Å²) in [7, 11) is 0. The van der Waals surface area contributed by atoms with Crippen LogP contribution >= 0.6 is 34.7 Å². The Labute approximate surface area is 175 Å². The first-order valence-electron chi connectivity index (χ1n) is 8.69. The molecule has 140 valence electrons. The SMILES string of the molecule is Clc1ccc2c(Nc3cccc(-c4ccc5c(c4)OCCO5)c3Cl)nsc2c1. The van der Waals surface area contributed by atoms with E-state index in [1.807, 2.05) is 54.6 Å². The van der Waals surface area contributed by atoms with Gasteiger partial charge in [-0.25, -0.2) is 0 Å². The molecule has 1 aliphatic heterocycles. The lowest BCUT2D eigenvalue weighted by Crippen LogP contribution is -2.15. The first-order valence-corrected chi connectivity index (χ1v) is 10.2. The van der Waals surface area contributed by atoms with E-state index in [4.69, 9.17) is 32.7 Å². The third-order valence-corrected chi connectivity index (χ3v) is 5.99. The number of benzene rings is 3. The molecule has 3 aromatic carbocycles. The molecule has 0 bridgehead atoms. The van der Waals surface area contributed by atoms with Gasteiger partial charge in [0.05, 0.1) is 15.4 Å². The van der Waals surface area contributed by atoms with Gasteiger partial charge in [0, 0.05) is 16.0 Å². The minimum absolute atomic E-state index is 0.548. The van der Waals surface area contributed by atoms with Crippen LogP contribution in [0.15, 0.2) is 54.6 Å². The standard InChI is InChI=1S/C21H14Cl2N2O2S/c22-13-5-6-15-19(11-13)28-25-21(15)24-16-3-1-2-14(20(16)23)12-4-7-17-18(10-12)27-9-8-26-17/h1-7,10-11H,8-9H2,(H,24,25). The summed E-state index contributed by atoms with van der Waals surface area (Å²) in [5.41, 5.74) is 2.66. The third-order valence-electron chi connectivity index (χ3n) is 4.54. The first-order chi connectivity index (χ1) is 13.7. The van der Waals surface area contributed by atoms with Crippen LogP contribution in [0.4, 0.5) is 11.5 Å². The molecule has 4 nitrogen and oxygen atoms in total. The predicted molar refractivity (Wildman–Crippen MR) is 116 cm³/mol. The molecular formula is C21H14Cl2N2O2S.